The van der Waals surface area contributed by atoms with Crippen LogP contribution in [0.3, 0.4) is 0 Å². The Hall–Kier alpha value is -3.32. The summed E-state index contributed by atoms with van der Waals surface area (Å²) in [5.74, 6) is 0.912. The molecule has 8 heteroatoms. The van der Waals surface area contributed by atoms with Gasteiger partial charge in [0.2, 0.25) is 0 Å². The van der Waals surface area contributed by atoms with Crippen molar-refractivity contribution >= 4 is 28.8 Å². The fraction of sp³-hybridized carbons (Fsp3) is 0.227. The first kappa shape index (κ1) is 20.0. The van der Waals surface area contributed by atoms with Crippen LogP contribution in [-0.2, 0) is 5.41 Å². The number of carbonyl (C=O) groups is 1. The molecule has 2 aromatic heterocycles. The maximum Gasteiger partial charge on any atom is 0.255 e. The number of hydrogen-bond donors (Lipinski definition) is 2. The fourth-order valence-electron chi connectivity index (χ4n) is 3.12. The molecule has 0 aliphatic carbocycles. The third kappa shape index (κ3) is 3.76. The van der Waals surface area contributed by atoms with E-state index in [9.17, 15) is 4.79 Å². The van der Waals surface area contributed by atoms with Crippen molar-refractivity contribution in [2.75, 3.05) is 12.4 Å². The van der Waals surface area contributed by atoms with Crippen molar-refractivity contribution in [2.24, 2.45) is 0 Å². The van der Waals surface area contributed by atoms with Crippen LogP contribution in [0.25, 0.3) is 17.0 Å². The molecular formula is C22H22ClN5O2. The van der Waals surface area contributed by atoms with Gasteiger partial charge in [-0.15, -0.1) is 5.10 Å². The lowest BCUT2D eigenvalue weighted by Crippen LogP contribution is -2.13. The number of fused-ring (bicyclic) bond motifs is 1. The Kier molecular flexibility index (Phi) is 4.99. The second-order valence-corrected chi connectivity index (χ2v) is 8.37. The highest BCUT2D eigenvalue weighted by Gasteiger charge is 2.24. The summed E-state index contributed by atoms with van der Waals surface area (Å²) in [6, 6.07) is 14.3. The van der Waals surface area contributed by atoms with Crippen LogP contribution < -0.4 is 10.1 Å². The molecular weight excluding hydrogens is 402 g/mol. The minimum absolute atomic E-state index is 0.149. The average molecular weight is 424 g/mol. The summed E-state index contributed by atoms with van der Waals surface area (Å²) >= 11 is 6.51. The molecule has 4 rings (SSSR count). The van der Waals surface area contributed by atoms with Gasteiger partial charge in [0.1, 0.15) is 10.8 Å². The molecule has 30 heavy (non-hydrogen) atoms. The van der Waals surface area contributed by atoms with E-state index in [1.165, 1.54) is 0 Å². The summed E-state index contributed by atoms with van der Waals surface area (Å²) in [5.41, 5.74) is 3.22. The molecule has 0 aliphatic rings. The van der Waals surface area contributed by atoms with E-state index in [0.29, 0.717) is 33.5 Å². The molecule has 0 fully saturated rings. The fourth-order valence-corrected chi connectivity index (χ4v) is 3.57. The van der Waals surface area contributed by atoms with Gasteiger partial charge in [0.05, 0.1) is 12.8 Å². The van der Waals surface area contributed by atoms with E-state index in [1.807, 2.05) is 24.3 Å². The second-order valence-electron chi connectivity index (χ2n) is 7.99. The van der Waals surface area contributed by atoms with Crippen LogP contribution >= 0.6 is 11.6 Å². The summed E-state index contributed by atoms with van der Waals surface area (Å²) in [7, 11) is 1.57. The minimum atomic E-state index is -0.228. The van der Waals surface area contributed by atoms with Gasteiger partial charge < -0.3 is 10.1 Å². The quantitative estimate of drug-likeness (QED) is 0.487. The van der Waals surface area contributed by atoms with E-state index in [1.54, 1.807) is 36.0 Å². The molecule has 2 aromatic carbocycles. The van der Waals surface area contributed by atoms with Crippen LogP contribution in [-0.4, -0.2) is 32.8 Å². The third-order valence-corrected chi connectivity index (χ3v) is 5.06. The topological polar surface area (TPSA) is 84.3 Å². The lowest BCUT2D eigenvalue weighted by molar-refractivity contribution is 0.102. The van der Waals surface area contributed by atoms with Gasteiger partial charge in [-0.05, 0) is 30.3 Å². The summed E-state index contributed by atoms with van der Waals surface area (Å²) < 4.78 is 6.76. The molecule has 154 valence electrons. The maximum atomic E-state index is 12.6. The van der Waals surface area contributed by atoms with Crippen molar-refractivity contribution in [3.63, 3.8) is 0 Å². The zero-order valence-electron chi connectivity index (χ0n) is 17.2. The van der Waals surface area contributed by atoms with Crippen molar-refractivity contribution in [2.45, 2.75) is 26.2 Å². The van der Waals surface area contributed by atoms with Crippen molar-refractivity contribution in [3.05, 3.63) is 64.8 Å². The lowest BCUT2D eigenvalue weighted by Gasteiger charge is -2.16. The summed E-state index contributed by atoms with van der Waals surface area (Å²) in [6.07, 6.45) is 0. The van der Waals surface area contributed by atoms with Crippen LogP contribution in [0.5, 0.6) is 5.75 Å². The van der Waals surface area contributed by atoms with E-state index in [0.717, 1.165) is 11.3 Å². The normalized spacial score (nSPS) is 11.6. The number of halogens is 1. The Morgan fingerprint density at radius 1 is 1.17 bits per heavy atom. The van der Waals surface area contributed by atoms with E-state index in [2.05, 4.69) is 41.3 Å². The number of nitrogens with zero attached hydrogens (tertiary/aromatic N) is 3. The number of nitrogens with one attached hydrogen (secondary N) is 2. The van der Waals surface area contributed by atoms with Gasteiger partial charge in [0.15, 0.2) is 11.5 Å². The minimum Gasteiger partial charge on any atom is -0.497 e. The molecule has 0 atom stereocenters. The Balaban J connectivity index is 1.61. The number of benzene rings is 2. The zero-order chi connectivity index (χ0) is 21.5. The van der Waals surface area contributed by atoms with Gasteiger partial charge in [-0.3, -0.25) is 9.89 Å². The van der Waals surface area contributed by atoms with Crippen molar-refractivity contribution in [1.82, 2.24) is 19.8 Å². The highest BCUT2D eigenvalue weighted by atomic mass is 35.5. The van der Waals surface area contributed by atoms with Crippen LogP contribution in [0.4, 0.5) is 5.69 Å². The number of carbonyl (C=O) groups excluding carboxylic acids is 1. The predicted octanol–water partition coefficient (Wildman–Crippen LogP) is 4.94. The number of methoxy groups -OCH3 is 1. The van der Waals surface area contributed by atoms with E-state index in [4.69, 9.17) is 16.3 Å². The van der Waals surface area contributed by atoms with E-state index >= 15 is 0 Å². The van der Waals surface area contributed by atoms with Gasteiger partial charge in [-0.1, -0.05) is 50.6 Å². The van der Waals surface area contributed by atoms with Crippen LogP contribution in [0, 0.1) is 0 Å². The second kappa shape index (κ2) is 7.50. The van der Waals surface area contributed by atoms with Crippen molar-refractivity contribution in [3.8, 4) is 17.1 Å². The zero-order valence-corrected chi connectivity index (χ0v) is 17.9. The lowest BCUT2D eigenvalue weighted by atomic mass is 9.92. The Morgan fingerprint density at radius 2 is 1.93 bits per heavy atom. The van der Waals surface area contributed by atoms with Crippen LogP contribution in [0.15, 0.2) is 48.5 Å². The molecule has 7 nitrogen and oxygen atoms in total. The monoisotopic (exact) mass is 423 g/mol. The Labute approximate surface area is 179 Å². The smallest absolute Gasteiger partial charge is 0.255 e. The number of anilines is 1. The van der Waals surface area contributed by atoms with Gasteiger partial charge in [-0.2, -0.15) is 4.63 Å². The average Bonchev–Trinajstić information content (AvgIpc) is 3.27. The van der Waals surface area contributed by atoms with Crippen molar-refractivity contribution < 1.29 is 9.53 Å². The number of amides is 1. The number of H-pyrrole nitrogens is 1. The number of aromatic nitrogens is 4. The molecule has 0 radical (unpaired) electrons. The number of rotatable bonds is 4. The molecule has 0 aliphatic heterocycles. The highest BCUT2D eigenvalue weighted by Crippen LogP contribution is 2.32. The summed E-state index contributed by atoms with van der Waals surface area (Å²) in [6.45, 7) is 6.21. The molecule has 0 spiro atoms. The number of hydrogen-bond acceptors (Lipinski definition) is 4. The molecule has 0 saturated carbocycles. The Morgan fingerprint density at radius 3 is 2.63 bits per heavy atom. The molecule has 0 unspecified atom stereocenters. The molecule has 0 saturated heterocycles. The number of aromatic amines is 1. The molecule has 1 amide bonds. The van der Waals surface area contributed by atoms with E-state index < -0.39 is 0 Å². The molecule has 2 N–H and O–H groups in total. The standard InChI is InChI=1S/C22H22ClN5O2/c1-22(2,3)18-17(23)20-25-19(27-28(20)26-18)13-7-5-9-15(11-13)24-21(29)14-8-6-10-16(12-14)30-4/h5-12,26H,1-4H3,(H,24,29). The first-order valence-corrected chi connectivity index (χ1v) is 9.84. The molecule has 4 aromatic rings. The summed E-state index contributed by atoms with van der Waals surface area (Å²) in [4.78, 5) is 17.2. The van der Waals surface area contributed by atoms with Gasteiger partial charge in [-0.25, -0.2) is 4.98 Å². The van der Waals surface area contributed by atoms with Crippen molar-refractivity contribution in [1.29, 1.82) is 0 Å². The SMILES string of the molecule is COc1cccc(C(=O)Nc2cccc(-c3nc4c(Cl)c(C(C)(C)C)[nH]n4n3)c2)c1. The van der Waals surface area contributed by atoms with Gasteiger partial charge >= 0.3 is 0 Å². The molecule has 0 bridgehead atoms. The van der Waals surface area contributed by atoms with E-state index in [-0.39, 0.29) is 11.3 Å². The first-order chi connectivity index (χ1) is 14.3. The van der Waals surface area contributed by atoms with Crippen LogP contribution in [0.2, 0.25) is 5.02 Å². The predicted molar refractivity (Wildman–Crippen MR) is 117 cm³/mol. The molecule has 2 heterocycles. The largest absolute Gasteiger partial charge is 0.497 e. The summed E-state index contributed by atoms with van der Waals surface area (Å²) in [5, 5.41) is 11.2. The third-order valence-electron chi connectivity index (χ3n) is 4.70. The highest BCUT2D eigenvalue weighted by molar-refractivity contribution is 6.34. The van der Waals surface area contributed by atoms with Gasteiger partial charge in [0, 0.05) is 22.2 Å². The van der Waals surface area contributed by atoms with Gasteiger partial charge in [0.25, 0.3) is 5.91 Å². The number of ether oxygens (including phenoxy) is 1. The Bertz CT molecular complexity index is 1240. The maximum absolute atomic E-state index is 12.6. The first-order valence-electron chi connectivity index (χ1n) is 9.47. The van der Waals surface area contributed by atoms with Crippen LogP contribution in [0.1, 0.15) is 36.8 Å².